The third kappa shape index (κ3) is 3.06. The van der Waals surface area contributed by atoms with E-state index in [1.54, 1.807) is 11.8 Å². The summed E-state index contributed by atoms with van der Waals surface area (Å²) < 4.78 is 11.2. The maximum atomic E-state index is 12.6. The van der Waals surface area contributed by atoms with Gasteiger partial charge in [0.1, 0.15) is 11.5 Å². The van der Waals surface area contributed by atoms with Crippen molar-refractivity contribution in [2.45, 2.75) is 13.0 Å². The van der Waals surface area contributed by atoms with E-state index in [4.69, 9.17) is 9.47 Å². The second-order valence-corrected chi connectivity index (χ2v) is 5.59. The average molecular weight is 304 g/mol. The fourth-order valence-corrected chi connectivity index (χ4v) is 2.84. The third-order valence-corrected chi connectivity index (χ3v) is 3.87. The van der Waals surface area contributed by atoms with Crippen LogP contribution in [-0.2, 0) is 14.3 Å². The molecule has 1 unspecified atom stereocenters. The molecule has 2 heterocycles. The smallest absolute Gasteiger partial charge is 0.265 e. The summed E-state index contributed by atoms with van der Waals surface area (Å²) in [5.41, 5.74) is 0.865. The van der Waals surface area contributed by atoms with E-state index in [2.05, 4.69) is 0 Å². The standard InChI is InChI=1S/C16H20N2O4/c1-12(19)10-18-11-15(16(20)17-6-8-21-9-7-17)22-14-5-3-2-4-13(14)18/h2-5,15H,6-11H2,1H3. The number of nitrogens with zero attached hydrogens (tertiary/aromatic N) is 2. The first-order valence-corrected chi connectivity index (χ1v) is 7.52. The number of carbonyl (C=O) groups is 2. The summed E-state index contributed by atoms with van der Waals surface area (Å²) in [7, 11) is 0. The number of fused-ring (bicyclic) bond motifs is 1. The van der Waals surface area contributed by atoms with Crippen LogP contribution >= 0.6 is 0 Å². The lowest BCUT2D eigenvalue weighted by atomic mass is 10.1. The summed E-state index contributed by atoms with van der Waals surface area (Å²) in [6.45, 7) is 4.54. The van der Waals surface area contributed by atoms with Crippen LogP contribution < -0.4 is 9.64 Å². The van der Waals surface area contributed by atoms with Crippen LogP contribution in [0, 0.1) is 0 Å². The molecule has 6 heteroatoms. The minimum absolute atomic E-state index is 0.0358. The van der Waals surface area contributed by atoms with Gasteiger partial charge in [-0.15, -0.1) is 0 Å². The van der Waals surface area contributed by atoms with Crippen molar-refractivity contribution in [3.63, 3.8) is 0 Å². The van der Waals surface area contributed by atoms with E-state index in [1.165, 1.54) is 0 Å². The molecule has 3 rings (SSSR count). The van der Waals surface area contributed by atoms with Gasteiger partial charge < -0.3 is 19.3 Å². The van der Waals surface area contributed by atoms with Crippen molar-refractivity contribution in [1.29, 1.82) is 0 Å². The molecular formula is C16H20N2O4. The summed E-state index contributed by atoms with van der Waals surface area (Å²) in [4.78, 5) is 27.8. The molecule has 6 nitrogen and oxygen atoms in total. The Kier molecular flexibility index (Phi) is 4.29. The molecule has 0 N–H and O–H groups in total. The van der Waals surface area contributed by atoms with E-state index < -0.39 is 6.10 Å². The molecule has 1 atom stereocenters. The maximum Gasteiger partial charge on any atom is 0.265 e. The molecule has 0 bridgehead atoms. The molecule has 2 aliphatic rings. The van der Waals surface area contributed by atoms with Crippen LogP contribution in [0.1, 0.15) is 6.92 Å². The van der Waals surface area contributed by atoms with Crippen LogP contribution in [0.2, 0.25) is 0 Å². The number of benzene rings is 1. The zero-order valence-electron chi connectivity index (χ0n) is 12.7. The van der Waals surface area contributed by atoms with Crippen LogP contribution in [0.15, 0.2) is 24.3 Å². The first-order chi connectivity index (χ1) is 10.6. The van der Waals surface area contributed by atoms with E-state index in [1.807, 2.05) is 29.2 Å². The molecule has 1 amide bonds. The highest BCUT2D eigenvalue weighted by Crippen LogP contribution is 2.33. The average Bonchev–Trinajstić information content (AvgIpc) is 2.54. The lowest BCUT2D eigenvalue weighted by Crippen LogP contribution is -2.53. The molecule has 1 saturated heterocycles. The Labute approximate surface area is 129 Å². The maximum absolute atomic E-state index is 12.6. The first-order valence-electron chi connectivity index (χ1n) is 7.52. The second kappa shape index (κ2) is 6.36. The molecule has 0 saturated carbocycles. The predicted molar refractivity (Wildman–Crippen MR) is 81.2 cm³/mol. The normalized spacial score (nSPS) is 21.0. The Morgan fingerprint density at radius 2 is 1.95 bits per heavy atom. The van der Waals surface area contributed by atoms with Crippen LogP contribution in [0.3, 0.4) is 0 Å². The third-order valence-electron chi connectivity index (χ3n) is 3.87. The van der Waals surface area contributed by atoms with Crippen LogP contribution in [0.25, 0.3) is 0 Å². The number of para-hydroxylation sites is 2. The van der Waals surface area contributed by atoms with Crippen molar-refractivity contribution in [2.75, 3.05) is 44.3 Å². The number of rotatable bonds is 3. The van der Waals surface area contributed by atoms with Gasteiger partial charge in [0, 0.05) is 13.1 Å². The van der Waals surface area contributed by atoms with Gasteiger partial charge >= 0.3 is 0 Å². The second-order valence-electron chi connectivity index (χ2n) is 5.59. The number of amides is 1. The largest absolute Gasteiger partial charge is 0.477 e. The van der Waals surface area contributed by atoms with Gasteiger partial charge in [0.15, 0.2) is 6.10 Å². The highest BCUT2D eigenvalue weighted by Gasteiger charge is 2.34. The molecule has 0 aromatic heterocycles. The van der Waals surface area contributed by atoms with Gasteiger partial charge in [-0.1, -0.05) is 12.1 Å². The molecule has 22 heavy (non-hydrogen) atoms. The van der Waals surface area contributed by atoms with E-state index in [-0.39, 0.29) is 18.2 Å². The van der Waals surface area contributed by atoms with Crippen LogP contribution in [-0.4, -0.2) is 62.1 Å². The van der Waals surface area contributed by atoms with E-state index in [9.17, 15) is 9.59 Å². The number of hydrogen-bond donors (Lipinski definition) is 0. The number of ether oxygens (including phenoxy) is 2. The zero-order valence-corrected chi connectivity index (χ0v) is 12.7. The van der Waals surface area contributed by atoms with Crippen LogP contribution in [0.4, 0.5) is 5.69 Å². The van der Waals surface area contributed by atoms with Gasteiger partial charge in [-0.2, -0.15) is 0 Å². The molecule has 0 radical (unpaired) electrons. The number of carbonyl (C=O) groups excluding carboxylic acids is 2. The van der Waals surface area contributed by atoms with E-state index >= 15 is 0 Å². The SMILES string of the molecule is CC(=O)CN1CC(C(=O)N2CCOCC2)Oc2ccccc21. The predicted octanol–water partition coefficient (Wildman–Crippen LogP) is 0.702. The highest BCUT2D eigenvalue weighted by molar-refractivity contribution is 5.86. The van der Waals surface area contributed by atoms with Crippen molar-refractivity contribution in [2.24, 2.45) is 0 Å². The quantitative estimate of drug-likeness (QED) is 0.823. The monoisotopic (exact) mass is 304 g/mol. The van der Waals surface area contributed by atoms with Gasteiger partial charge in [0.2, 0.25) is 0 Å². The summed E-state index contributed by atoms with van der Waals surface area (Å²) in [6.07, 6.45) is -0.577. The van der Waals surface area contributed by atoms with E-state index in [0.29, 0.717) is 38.6 Å². The Bertz CT molecular complexity index is 569. The molecule has 0 spiro atoms. The molecule has 1 fully saturated rings. The van der Waals surface area contributed by atoms with Gasteiger partial charge in [-0.25, -0.2) is 0 Å². The van der Waals surface area contributed by atoms with Crippen molar-refractivity contribution in [3.8, 4) is 5.75 Å². The van der Waals surface area contributed by atoms with Gasteiger partial charge in [0.05, 0.1) is 32.0 Å². The summed E-state index contributed by atoms with van der Waals surface area (Å²) in [6, 6.07) is 7.51. The van der Waals surface area contributed by atoms with Crippen molar-refractivity contribution in [3.05, 3.63) is 24.3 Å². The van der Waals surface area contributed by atoms with E-state index in [0.717, 1.165) is 5.69 Å². The van der Waals surface area contributed by atoms with Gasteiger partial charge in [0.25, 0.3) is 5.91 Å². The Morgan fingerprint density at radius 1 is 1.23 bits per heavy atom. The fourth-order valence-electron chi connectivity index (χ4n) is 2.84. The highest BCUT2D eigenvalue weighted by atomic mass is 16.5. The number of Topliss-reactive ketones (excluding diaryl/α,β-unsaturated/α-hetero) is 1. The number of morpholine rings is 1. The lowest BCUT2D eigenvalue weighted by Gasteiger charge is -2.37. The molecule has 118 valence electrons. The molecule has 1 aromatic carbocycles. The first kappa shape index (κ1) is 14.8. The molecule has 2 aliphatic heterocycles. The Morgan fingerprint density at radius 3 is 2.68 bits per heavy atom. The number of hydrogen-bond acceptors (Lipinski definition) is 5. The van der Waals surface area contributed by atoms with Gasteiger partial charge in [-0.05, 0) is 19.1 Å². The number of ketones is 1. The fraction of sp³-hybridized carbons (Fsp3) is 0.500. The summed E-state index contributed by atoms with van der Waals surface area (Å²) in [5, 5.41) is 0. The zero-order chi connectivity index (χ0) is 15.5. The Hall–Kier alpha value is -2.08. The Balaban J connectivity index is 1.79. The van der Waals surface area contributed by atoms with Crippen molar-refractivity contribution < 1.29 is 19.1 Å². The van der Waals surface area contributed by atoms with Crippen molar-refractivity contribution in [1.82, 2.24) is 4.90 Å². The molecule has 0 aliphatic carbocycles. The molecule has 1 aromatic rings. The molecular weight excluding hydrogens is 284 g/mol. The summed E-state index contributed by atoms with van der Waals surface area (Å²) in [5.74, 6) is 0.683. The lowest BCUT2D eigenvalue weighted by molar-refractivity contribution is -0.142. The minimum atomic E-state index is -0.577. The summed E-state index contributed by atoms with van der Waals surface area (Å²) >= 11 is 0. The van der Waals surface area contributed by atoms with Gasteiger partial charge in [-0.3, -0.25) is 9.59 Å². The van der Waals surface area contributed by atoms with Crippen LogP contribution in [0.5, 0.6) is 5.75 Å². The minimum Gasteiger partial charge on any atom is -0.477 e. The van der Waals surface area contributed by atoms with Crippen molar-refractivity contribution >= 4 is 17.4 Å². The topological polar surface area (TPSA) is 59.1 Å². The number of anilines is 1.